The van der Waals surface area contributed by atoms with Crippen molar-refractivity contribution in [1.29, 1.82) is 0 Å². The number of carbonyl (C=O) groups excluding carboxylic acids is 2. The molecule has 1 fully saturated rings. The van der Waals surface area contributed by atoms with E-state index in [1.54, 1.807) is 18.2 Å². The van der Waals surface area contributed by atoms with Gasteiger partial charge in [-0.3, -0.25) is 10.1 Å². The van der Waals surface area contributed by atoms with Gasteiger partial charge in [-0.1, -0.05) is 6.07 Å². The van der Waals surface area contributed by atoms with Gasteiger partial charge < -0.3 is 4.74 Å². The molecule has 0 bridgehead atoms. The molecule has 0 atom stereocenters. The topological polar surface area (TPSA) is 55.4 Å². The number of benzene rings is 1. The molecular weight excluding hydrogens is 254 g/mol. The van der Waals surface area contributed by atoms with Crippen molar-refractivity contribution in [3.63, 3.8) is 0 Å². The molecule has 5 heteroatoms. The Morgan fingerprint density at radius 3 is 2.67 bits per heavy atom. The highest BCUT2D eigenvalue weighted by molar-refractivity contribution is 6.67. The van der Waals surface area contributed by atoms with Gasteiger partial charge in [0, 0.05) is 11.3 Å². The van der Waals surface area contributed by atoms with E-state index in [2.05, 4.69) is 5.32 Å². The number of ether oxygens (including phenoxy) is 1. The van der Waals surface area contributed by atoms with Crippen molar-refractivity contribution in [3.8, 4) is 0 Å². The summed E-state index contributed by atoms with van der Waals surface area (Å²) < 4.78 is 5.25. The molecular formula is C13H14ClNO3. The first-order chi connectivity index (χ1) is 8.65. The molecule has 2 rings (SSSR count). The quantitative estimate of drug-likeness (QED) is 0.852. The normalized spacial score (nSPS) is 15.4. The first-order valence-electron chi connectivity index (χ1n) is 5.92. The molecule has 0 spiro atoms. The molecule has 0 radical (unpaired) electrons. The van der Waals surface area contributed by atoms with Crippen LogP contribution < -0.4 is 5.32 Å². The number of carbonyl (C=O) groups is 2. The summed E-state index contributed by atoms with van der Waals surface area (Å²) in [5.74, 6) is 0. The lowest BCUT2D eigenvalue weighted by Gasteiger charge is -2.12. The minimum absolute atomic E-state index is 0.0165. The Balaban J connectivity index is 1.93. The Morgan fingerprint density at radius 1 is 1.28 bits per heavy atom. The van der Waals surface area contributed by atoms with Gasteiger partial charge >= 0.3 is 6.09 Å². The predicted octanol–water partition coefficient (Wildman–Crippen LogP) is 3.56. The van der Waals surface area contributed by atoms with Crippen molar-refractivity contribution in [3.05, 3.63) is 29.8 Å². The molecule has 1 aliphatic rings. The van der Waals surface area contributed by atoms with Crippen LogP contribution in [0.3, 0.4) is 0 Å². The maximum Gasteiger partial charge on any atom is 0.411 e. The maximum absolute atomic E-state index is 11.6. The second-order valence-corrected chi connectivity index (χ2v) is 4.63. The summed E-state index contributed by atoms with van der Waals surface area (Å²) in [6.07, 6.45) is 3.59. The Kier molecular flexibility index (Phi) is 4.20. The van der Waals surface area contributed by atoms with E-state index in [9.17, 15) is 9.59 Å². The molecule has 1 N–H and O–H groups in total. The van der Waals surface area contributed by atoms with Gasteiger partial charge in [-0.15, -0.1) is 0 Å². The number of anilines is 1. The molecule has 96 valence electrons. The fourth-order valence-electron chi connectivity index (χ4n) is 2.02. The van der Waals surface area contributed by atoms with Gasteiger partial charge in [-0.25, -0.2) is 4.79 Å². The van der Waals surface area contributed by atoms with Crippen molar-refractivity contribution < 1.29 is 14.3 Å². The Morgan fingerprint density at radius 2 is 2.00 bits per heavy atom. The molecule has 0 saturated heterocycles. The molecule has 1 aromatic rings. The van der Waals surface area contributed by atoms with Crippen LogP contribution in [0, 0.1) is 0 Å². The molecule has 18 heavy (non-hydrogen) atoms. The zero-order valence-electron chi connectivity index (χ0n) is 9.82. The molecule has 1 aromatic carbocycles. The van der Waals surface area contributed by atoms with E-state index in [1.165, 1.54) is 6.07 Å². The number of halogens is 1. The van der Waals surface area contributed by atoms with E-state index in [0.29, 0.717) is 11.3 Å². The predicted molar refractivity (Wildman–Crippen MR) is 69.0 cm³/mol. The zero-order chi connectivity index (χ0) is 13.0. The highest BCUT2D eigenvalue weighted by Crippen LogP contribution is 2.21. The Labute approximate surface area is 110 Å². The van der Waals surface area contributed by atoms with Gasteiger partial charge in [-0.2, -0.15) is 0 Å². The fraction of sp³-hybridized carbons (Fsp3) is 0.385. The lowest BCUT2D eigenvalue weighted by molar-refractivity contribution is 0.107. The molecule has 0 aromatic heterocycles. The lowest BCUT2D eigenvalue weighted by atomic mass is 10.2. The van der Waals surface area contributed by atoms with Crippen molar-refractivity contribution >= 4 is 28.6 Å². The van der Waals surface area contributed by atoms with Crippen molar-refractivity contribution in [2.45, 2.75) is 31.8 Å². The van der Waals surface area contributed by atoms with E-state index < -0.39 is 11.3 Å². The van der Waals surface area contributed by atoms with Crippen molar-refractivity contribution in [2.24, 2.45) is 0 Å². The van der Waals surface area contributed by atoms with E-state index in [-0.39, 0.29) is 6.10 Å². The number of amides is 1. The summed E-state index contributed by atoms with van der Waals surface area (Å²) in [5.41, 5.74) is 0.847. The van der Waals surface area contributed by atoms with Crippen LogP contribution in [0.4, 0.5) is 10.5 Å². The van der Waals surface area contributed by atoms with E-state index in [4.69, 9.17) is 16.3 Å². The van der Waals surface area contributed by atoms with Gasteiger partial charge in [0.1, 0.15) is 6.10 Å². The number of hydrogen-bond donors (Lipinski definition) is 1. The van der Waals surface area contributed by atoms with Crippen LogP contribution in [-0.4, -0.2) is 17.4 Å². The van der Waals surface area contributed by atoms with Crippen LogP contribution in [0.5, 0.6) is 0 Å². The zero-order valence-corrected chi connectivity index (χ0v) is 10.6. The Hall–Kier alpha value is -1.55. The molecule has 0 heterocycles. The summed E-state index contributed by atoms with van der Waals surface area (Å²) in [6, 6.07) is 6.44. The van der Waals surface area contributed by atoms with Gasteiger partial charge in [0.05, 0.1) is 0 Å². The van der Waals surface area contributed by atoms with Gasteiger partial charge in [0.15, 0.2) is 0 Å². The highest BCUT2D eigenvalue weighted by atomic mass is 35.5. The average molecular weight is 268 g/mol. The van der Waals surface area contributed by atoms with Crippen LogP contribution in [0.2, 0.25) is 0 Å². The number of nitrogens with one attached hydrogen (secondary N) is 1. The van der Waals surface area contributed by atoms with Crippen LogP contribution in [0.15, 0.2) is 24.3 Å². The fourth-order valence-corrected chi connectivity index (χ4v) is 2.14. The summed E-state index contributed by atoms with van der Waals surface area (Å²) in [6.45, 7) is 0. The standard InChI is InChI=1S/C13H14ClNO3/c14-12(16)9-4-3-5-10(8-9)15-13(17)18-11-6-1-2-7-11/h3-5,8,11H,1-2,6-7H2,(H,15,17). The average Bonchev–Trinajstić information content (AvgIpc) is 2.82. The van der Waals surface area contributed by atoms with Gasteiger partial charge in [0.2, 0.25) is 0 Å². The first kappa shape index (κ1) is 12.9. The highest BCUT2D eigenvalue weighted by Gasteiger charge is 2.19. The maximum atomic E-state index is 11.6. The summed E-state index contributed by atoms with van der Waals surface area (Å²) in [7, 11) is 0. The van der Waals surface area contributed by atoms with Gasteiger partial charge in [-0.05, 0) is 55.5 Å². The largest absolute Gasteiger partial charge is 0.446 e. The number of rotatable bonds is 3. The molecule has 1 saturated carbocycles. The molecule has 0 unspecified atom stereocenters. The monoisotopic (exact) mass is 267 g/mol. The second-order valence-electron chi connectivity index (χ2n) is 4.29. The van der Waals surface area contributed by atoms with Crippen molar-refractivity contribution in [1.82, 2.24) is 0 Å². The van der Waals surface area contributed by atoms with Crippen LogP contribution >= 0.6 is 11.6 Å². The second kappa shape index (κ2) is 5.87. The van der Waals surface area contributed by atoms with E-state index in [0.717, 1.165) is 25.7 Å². The lowest BCUT2D eigenvalue weighted by Crippen LogP contribution is -2.20. The summed E-state index contributed by atoms with van der Waals surface area (Å²) in [4.78, 5) is 22.6. The molecule has 1 amide bonds. The van der Waals surface area contributed by atoms with Crippen molar-refractivity contribution in [2.75, 3.05) is 5.32 Å². The third-order valence-corrected chi connectivity index (χ3v) is 3.13. The van der Waals surface area contributed by atoms with Gasteiger partial charge in [0.25, 0.3) is 5.24 Å². The molecule has 4 nitrogen and oxygen atoms in total. The SMILES string of the molecule is O=C(Nc1cccc(C(=O)Cl)c1)OC1CCCC1. The van der Waals surface area contributed by atoms with Crippen LogP contribution in [-0.2, 0) is 4.74 Å². The summed E-state index contributed by atoms with van der Waals surface area (Å²) >= 11 is 5.37. The third kappa shape index (κ3) is 3.47. The van der Waals surface area contributed by atoms with E-state index in [1.807, 2.05) is 0 Å². The molecule has 1 aliphatic carbocycles. The van der Waals surface area contributed by atoms with Crippen LogP contribution in [0.1, 0.15) is 36.0 Å². The minimum atomic E-state index is -0.553. The number of hydrogen-bond acceptors (Lipinski definition) is 3. The van der Waals surface area contributed by atoms with Crippen LogP contribution in [0.25, 0.3) is 0 Å². The smallest absolute Gasteiger partial charge is 0.411 e. The molecule has 0 aliphatic heterocycles. The summed E-state index contributed by atoms with van der Waals surface area (Å²) in [5, 5.41) is 2.04. The third-order valence-electron chi connectivity index (χ3n) is 2.91. The first-order valence-corrected chi connectivity index (χ1v) is 6.30. The minimum Gasteiger partial charge on any atom is -0.446 e. The van der Waals surface area contributed by atoms with E-state index >= 15 is 0 Å². The Bertz CT molecular complexity index is 455.